The van der Waals surface area contributed by atoms with E-state index in [-0.39, 0.29) is 24.7 Å². The maximum Gasteiger partial charge on any atom is 0.317 e. The molecule has 0 aromatic heterocycles. The van der Waals surface area contributed by atoms with Gasteiger partial charge in [-0.15, -0.1) is 0 Å². The highest BCUT2D eigenvalue weighted by atomic mass is 16.5. The van der Waals surface area contributed by atoms with Crippen molar-refractivity contribution in [3.05, 3.63) is 29.8 Å². The second kappa shape index (κ2) is 8.03. The molecule has 22 heavy (non-hydrogen) atoms. The molecule has 2 N–H and O–H groups in total. The Morgan fingerprint density at radius 1 is 1.32 bits per heavy atom. The van der Waals surface area contributed by atoms with E-state index in [1.807, 2.05) is 24.3 Å². The van der Waals surface area contributed by atoms with Crippen molar-refractivity contribution in [3.63, 3.8) is 0 Å². The minimum atomic E-state index is -0.352. The van der Waals surface area contributed by atoms with E-state index in [0.29, 0.717) is 0 Å². The van der Waals surface area contributed by atoms with Crippen molar-refractivity contribution in [2.24, 2.45) is 0 Å². The van der Waals surface area contributed by atoms with E-state index >= 15 is 0 Å². The van der Waals surface area contributed by atoms with Crippen LogP contribution in [0.5, 0.6) is 5.75 Å². The lowest BCUT2D eigenvalue weighted by atomic mass is 9.96. The maximum atomic E-state index is 12.4. The number of amides is 2. The zero-order valence-electron chi connectivity index (χ0n) is 13.4. The lowest BCUT2D eigenvalue weighted by molar-refractivity contribution is 0.145. The smallest absolute Gasteiger partial charge is 0.317 e. The zero-order chi connectivity index (χ0) is 15.9. The Labute approximate surface area is 132 Å². The van der Waals surface area contributed by atoms with Crippen LogP contribution in [-0.2, 0) is 0 Å². The first-order valence-electron chi connectivity index (χ1n) is 7.94. The molecule has 1 saturated carbocycles. The lowest BCUT2D eigenvalue weighted by Crippen LogP contribution is -2.45. The van der Waals surface area contributed by atoms with Gasteiger partial charge in [-0.25, -0.2) is 4.79 Å². The predicted molar refractivity (Wildman–Crippen MR) is 86.0 cm³/mol. The summed E-state index contributed by atoms with van der Waals surface area (Å²) in [7, 11) is 3.34. The maximum absolute atomic E-state index is 12.4. The van der Waals surface area contributed by atoms with Crippen LogP contribution in [0, 0.1) is 0 Å². The molecule has 1 fully saturated rings. The van der Waals surface area contributed by atoms with Crippen LogP contribution in [0.15, 0.2) is 24.3 Å². The summed E-state index contributed by atoms with van der Waals surface area (Å²) < 4.78 is 5.14. The first kappa shape index (κ1) is 16.6. The number of carbonyl (C=O) groups excluding carboxylic acids is 1. The molecule has 0 radical (unpaired) electrons. The van der Waals surface area contributed by atoms with Crippen LogP contribution in [0.4, 0.5) is 4.79 Å². The summed E-state index contributed by atoms with van der Waals surface area (Å²) in [6, 6.07) is 7.22. The van der Waals surface area contributed by atoms with Gasteiger partial charge in [0.15, 0.2) is 0 Å². The molecule has 2 rings (SSSR count). The van der Waals surface area contributed by atoms with E-state index in [0.717, 1.165) is 24.2 Å². The second-order valence-electron chi connectivity index (χ2n) is 5.87. The number of benzene rings is 1. The average Bonchev–Trinajstić information content (AvgIpc) is 2.57. The molecule has 1 aromatic carbocycles. The quantitative estimate of drug-likeness (QED) is 0.879. The number of hydrogen-bond acceptors (Lipinski definition) is 3. The number of nitrogens with one attached hydrogen (secondary N) is 1. The van der Waals surface area contributed by atoms with Gasteiger partial charge in [-0.05, 0) is 30.5 Å². The Morgan fingerprint density at radius 3 is 2.50 bits per heavy atom. The minimum absolute atomic E-state index is 0.110. The third kappa shape index (κ3) is 4.13. The van der Waals surface area contributed by atoms with Crippen LogP contribution in [0.25, 0.3) is 0 Å². The van der Waals surface area contributed by atoms with Crippen molar-refractivity contribution < 1.29 is 14.6 Å². The van der Waals surface area contributed by atoms with Crippen molar-refractivity contribution in [2.45, 2.75) is 44.2 Å². The molecule has 1 atom stereocenters. The molecule has 1 aliphatic rings. The van der Waals surface area contributed by atoms with Gasteiger partial charge in [0.2, 0.25) is 0 Å². The number of aliphatic hydroxyl groups excluding tert-OH is 1. The fourth-order valence-corrected chi connectivity index (χ4v) is 2.94. The number of nitrogens with zero attached hydrogens (tertiary/aromatic N) is 1. The highest BCUT2D eigenvalue weighted by Gasteiger charge is 2.23. The van der Waals surface area contributed by atoms with Gasteiger partial charge >= 0.3 is 6.03 Å². The van der Waals surface area contributed by atoms with Crippen LogP contribution < -0.4 is 10.1 Å². The van der Waals surface area contributed by atoms with Crippen molar-refractivity contribution >= 4 is 6.03 Å². The van der Waals surface area contributed by atoms with Gasteiger partial charge in [0.05, 0.1) is 19.8 Å². The Kier molecular flexibility index (Phi) is 6.07. The molecule has 2 amide bonds. The number of hydrogen-bond donors (Lipinski definition) is 2. The second-order valence-corrected chi connectivity index (χ2v) is 5.87. The molecule has 1 unspecified atom stereocenters. The summed E-state index contributed by atoms with van der Waals surface area (Å²) >= 11 is 0. The van der Waals surface area contributed by atoms with Crippen LogP contribution in [-0.4, -0.2) is 42.8 Å². The summed E-state index contributed by atoms with van der Waals surface area (Å²) in [6.45, 7) is -0.110. The van der Waals surface area contributed by atoms with Crippen molar-refractivity contribution in [2.75, 3.05) is 20.8 Å². The summed E-state index contributed by atoms with van der Waals surface area (Å²) in [5, 5.41) is 12.8. The standard InChI is InChI=1S/C17H26N2O3/c1-19(17(21)18-14-6-4-3-5-7-14)16(12-20)13-8-10-15(22-2)11-9-13/h8-11,14,16,20H,3-7,12H2,1-2H3,(H,18,21). The topological polar surface area (TPSA) is 61.8 Å². The van der Waals surface area contributed by atoms with E-state index < -0.39 is 0 Å². The van der Waals surface area contributed by atoms with E-state index in [9.17, 15) is 9.90 Å². The first-order valence-corrected chi connectivity index (χ1v) is 7.94. The van der Waals surface area contributed by atoms with Crippen LogP contribution in [0.1, 0.15) is 43.7 Å². The highest BCUT2D eigenvalue weighted by Crippen LogP contribution is 2.23. The first-order chi connectivity index (χ1) is 10.7. The normalized spacial score (nSPS) is 16.9. The molecule has 5 nitrogen and oxygen atoms in total. The molecule has 1 aliphatic carbocycles. The van der Waals surface area contributed by atoms with Gasteiger partial charge in [0.1, 0.15) is 5.75 Å². The lowest BCUT2D eigenvalue weighted by Gasteiger charge is -2.30. The number of methoxy groups -OCH3 is 1. The van der Waals surface area contributed by atoms with Gasteiger partial charge in [0, 0.05) is 13.1 Å². The number of likely N-dealkylation sites (N-methyl/N-ethyl adjacent to an activating group) is 1. The Balaban J connectivity index is 1.99. The van der Waals surface area contributed by atoms with Gasteiger partial charge in [-0.3, -0.25) is 0 Å². The molecular formula is C17H26N2O3. The van der Waals surface area contributed by atoms with Crippen LogP contribution in [0.3, 0.4) is 0 Å². The third-order valence-electron chi connectivity index (χ3n) is 4.39. The zero-order valence-corrected chi connectivity index (χ0v) is 13.4. The van der Waals surface area contributed by atoms with E-state index in [1.165, 1.54) is 19.3 Å². The monoisotopic (exact) mass is 306 g/mol. The van der Waals surface area contributed by atoms with Crippen molar-refractivity contribution in [1.29, 1.82) is 0 Å². The molecule has 122 valence electrons. The highest BCUT2D eigenvalue weighted by molar-refractivity contribution is 5.74. The van der Waals surface area contributed by atoms with Crippen LogP contribution in [0.2, 0.25) is 0 Å². The fourth-order valence-electron chi connectivity index (χ4n) is 2.94. The van der Waals surface area contributed by atoms with E-state index in [1.54, 1.807) is 19.1 Å². The van der Waals surface area contributed by atoms with Gasteiger partial charge in [0.25, 0.3) is 0 Å². The minimum Gasteiger partial charge on any atom is -0.497 e. The average molecular weight is 306 g/mol. The molecule has 0 heterocycles. The van der Waals surface area contributed by atoms with Gasteiger partial charge < -0.3 is 20.1 Å². The molecule has 0 saturated heterocycles. The van der Waals surface area contributed by atoms with Gasteiger partial charge in [-0.1, -0.05) is 31.4 Å². The number of carbonyl (C=O) groups is 1. The number of aliphatic hydroxyl groups is 1. The largest absolute Gasteiger partial charge is 0.497 e. The number of rotatable bonds is 5. The molecule has 0 aliphatic heterocycles. The Hall–Kier alpha value is -1.75. The Bertz CT molecular complexity index is 469. The molecule has 5 heteroatoms. The summed E-state index contributed by atoms with van der Waals surface area (Å²) in [4.78, 5) is 14.0. The molecule has 0 spiro atoms. The Morgan fingerprint density at radius 2 is 1.95 bits per heavy atom. The van der Waals surface area contributed by atoms with Crippen LogP contribution >= 0.6 is 0 Å². The number of ether oxygens (including phenoxy) is 1. The predicted octanol–water partition coefficient (Wildman–Crippen LogP) is 2.70. The molecular weight excluding hydrogens is 280 g/mol. The molecule has 1 aromatic rings. The fraction of sp³-hybridized carbons (Fsp3) is 0.588. The van der Waals surface area contributed by atoms with Crippen molar-refractivity contribution in [3.8, 4) is 5.75 Å². The SMILES string of the molecule is COc1ccc(C(CO)N(C)C(=O)NC2CCCCC2)cc1. The molecule has 0 bridgehead atoms. The third-order valence-corrected chi connectivity index (χ3v) is 4.39. The van der Waals surface area contributed by atoms with Gasteiger partial charge in [-0.2, -0.15) is 0 Å². The summed E-state index contributed by atoms with van der Waals surface area (Å²) in [5.41, 5.74) is 0.893. The number of urea groups is 1. The summed E-state index contributed by atoms with van der Waals surface area (Å²) in [5.74, 6) is 0.759. The van der Waals surface area contributed by atoms with E-state index in [2.05, 4.69) is 5.32 Å². The summed E-state index contributed by atoms with van der Waals surface area (Å²) in [6.07, 6.45) is 5.71. The van der Waals surface area contributed by atoms with Crippen molar-refractivity contribution in [1.82, 2.24) is 10.2 Å². The van der Waals surface area contributed by atoms with E-state index in [4.69, 9.17) is 4.74 Å².